The predicted molar refractivity (Wildman–Crippen MR) is 140 cm³/mol. The SMILES string of the molecule is COc1ccc(NC(=O)c2ccc(OCCSc3ccccc3)cc2)cc1S(=O)(=O)N1CCOCC1. The van der Waals surface area contributed by atoms with Crippen LogP contribution < -0.4 is 14.8 Å². The lowest BCUT2D eigenvalue weighted by Gasteiger charge is -2.26. The molecule has 0 unspecified atom stereocenters. The summed E-state index contributed by atoms with van der Waals surface area (Å²) in [4.78, 5) is 14.0. The predicted octanol–water partition coefficient (Wildman–Crippen LogP) is 4.14. The van der Waals surface area contributed by atoms with Crippen molar-refractivity contribution in [3.8, 4) is 11.5 Å². The molecule has 8 nitrogen and oxygen atoms in total. The van der Waals surface area contributed by atoms with Crippen molar-refractivity contribution in [1.29, 1.82) is 0 Å². The van der Waals surface area contributed by atoms with Gasteiger partial charge in [0, 0.05) is 35.0 Å². The molecule has 1 amide bonds. The van der Waals surface area contributed by atoms with Gasteiger partial charge in [-0.15, -0.1) is 11.8 Å². The van der Waals surface area contributed by atoms with Crippen LogP contribution in [0.3, 0.4) is 0 Å². The molecule has 1 fully saturated rings. The summed E-state index contributed by atoms with van der Waals surface area (Å²) in [7, 11) is -2.39. The molecule has 4 rings (SSSR count). The molecule has 0 saturated carbocycles. The van der Waals surface area contributed by atoms with Gasteiger partial charge in [0.05, 0.1) is 26.9 Å². The molecule has 0 spiro atoms. The normalized spacial score (nSPS) is 14.2. The van der Waals surface area contributed by atoms with Crippen LogP contribution in [0.1, 0.15) is 10.4 Å². The van der Waals surface area contributed by atoms with Crippen molar-refractivity contribution in [2.24, 2.45) is 0 Å². The largest absolute Gasteiger partial charge is 0.495 e. The fourth-order valence-electron chi connectivity index (χ4n) is 3.62. The molecular formula is C26H28N2O6S2. The average molecular weight is 529 g/mol. The fraction of sp³-hybridized carbons (Fsp3) is 0.269. The Morgan fingerprint density at radius 1 is 1.03 bits per heavy atom. The first kappa shape index (κ1) is 26.0. The Morgan fingerprint density at radius 2 is 1.75 bits per heavy atom. The summed E-state index contributed by atoms with van der Waals surface area (Å²) in [6.45, 7) is 1.74. The van der Waals surface area contributed by atoms with Crippen molar-refractivity contribution < 1.29 is 27.4 Å². The molecular weight excluding hydrogens is 500 g/mol. The molecule has 1 N–H and O–H groups in total. The van der Waals surface area contributed by atoms with Crippen molar-refractivity contribution in [2.75, 3.05) is 51.1 Å². The van der Waals surface area contributed by atoms with E-state index in [0.29, 0.717) is 36.8 Å². The van der Waals surface area contributed by atoms with Gasteiger partial charge in [0.15, 0.2) is 0 Å². The maximum atomic E-state index is 13.2. The van der Waals surface area contributed by atoms with Crippen molar-refractivity contribution in [2.45, 2.75) is 9.79 Å². The van der Waals surface area contributed by atoms with E-state index in [-0.39, 0.29) is 29.6 Å². The third-order valence-corrected chi connectivity index (χ3v) is 8.39. The first-order valence-corrected chi connectivity index (χ1v) is 13.9. The number of hydrogen-bond acceptors (Lipinski definition) is 7. The highest BCUT2D eigenvalue weighted by atomic mass is 32.2. The van der Waals surface area contributed by atoms with Crippen LogP contribution in [0.4, 0.5) is 5.69 Å². The summed E-state index contributed by atoms with van der Waals surface area (Å²) in [5.74, 6) is 1.33. The number of anilines is 1. The van der Waals surface area contributed by atoms with Crippen LogP contribution in [-0.4, -0.2) is 64.4 Å². The van der Waals surface area contributed by atoms with Gasteiger partial charge >= 0.3 is 0 Å². The Balaban J connectivity index is 1.37. The Morgan fingerprint density at radius 3 is 2.44 bits per heavy atom. The molecule has 0 atom stereocenters. The molecule has 0 radical (unpaired) electrons. The van der Waals surface area contributed by atoms with E-state index in [0.717, 1.165) is 5.75 Å². The third-order valence-electron chi connectivity index (χ3n) is 5.49. The van der Waals surface area contributed by atoms with Gasteiger partial charge in [-0.2, -0.15) is 4.31 Å². The number of carbonyl (C=O) groups excluding carboxylic acids is 1. The van der Waals surface area contributed by atoms with Crippen LogP contribution in [-0.2, 0) is 14.8 Å². The number of rotatable bonds is 10. The number of ether oxygens (including phenoxy) is 3. The number of sulfonamides is 1. The lowest BCUT2D eigenvalue weighted by molar-refractivity contribution is 0.0729. The number of morpholine rings is 1. The molecule has 3 aromatic rings. The molecule has 1 heterocycles. The Kier molecular flexibility index (Phi) is 8.87. The molecule has 36 heavy (non-hydrogen) atoms. The second-order valence-corrected chi connectivity index (χ2v) is 10.9. The molecule has 1 aliphatic heterocycles. The number of carbonyl (C=O) groups is 1. The van der Waals surface area contributed by atoms with Crippen molar-refractivity contribution in [3.63, 3.8) is 0 Å². The number of amides is 1. The third kappa shape index (κ3) is 6.58. The number of thioether (sulfide) groups is 1. The number of nitrogens with one attached hydrogen (secondary N) is 1. The van der Waals surface area contributed by atoms with Gasteiger partial charge in [0.2, 0.25) is 10.0 Å². The molecule has 0 aliphatic carbocycles. The van der Waals surface area contributed by atoms with Gasteiger partial charge in [-0.05, 0) is 54.6 Å². The topological polar surface area (TPSA) is 94.2 Å². The Labute approximate surface area is 215 Å². The standard InChI is InChI=1S/C26H28N2O6S2/c1-32-24-12-9-21(19-25(24)36(30,31)28-13-15-33-16-14-28)27-26(29)20-7-10-22(11-8-20)34-17-18-35-23-5-3-2-4-6-23/h2-12,19H,13-18H2,1H3,(H,27,29). The quantitative estimate of drug-likeness (QED) is 0.312. The molecule has 3 aromatic carbocycles. The van der Waals surface area contributed by atoms with Crippen LogP contribution in [0.25, 0.3) is 0 Å². The molecule has 190 valence electrons. The maximum absolute atomic E-state index is 13.2. The van der Waals surface area contributed by atoms with Gasteiger partial charge in [-0.1, -0.05) is 18.2 Å². The number of benzene rings is 3. The number of nitrogens with zero attached hydrogens (tertiary/aromatic N) is 1. The minimum Gasteiger partial charge on any atom is -0.495 e. The van der Waals surface area contributed by atoms with E-state index in [1.165, 1.54) is 28.4 Å². The molecule has 10 heteroatoms. The van der Waals surface area contributed by atoms with Gasteiger partial charge in [-0.25, -0.2) is 8.42 Å². The average Bonchev–Trinajstić information content (AvgIpc) is 2.92. The Hall–Kier alpha value is -3.05. The summed E-state index contributed by atoms with van der Waals surface area (Å²) in [6, 6.07) is 21.5. The van der Waals surface area contributed by atoms with Gasteiger partial charge < -0.3 is 19.5 Å². The first-order valence-electron chi connectivity index (χ1n) is 11.5. The minimum absolute atomic E-state index is 0.00169. The molecule has 0 aromatic heterocycles. The highest BCUT2D eigenvalue weighted by Crippen LogP contribution is 2.30. The molecule has 0 bridgehead atoms. The highest BCUT2D eigenvalue weighted by Gasteiger charge is 2.29. The lowest BCUT2D eigenvalue weighted by atomic mass is 10.2. The van der Waals surface area contributed by atoms with E-state index >= 15 is 0 Å². The summed E-state index contributed by atoms with van der Waals surface area (Å²) in [6.07, 6.45) is 0. The van der Waals surface area contributed by atoms with Crippen molar-refractivity contribution in [3.05, 3.63) is 78.4 Å². The molecule has 1 aliphatic rings. The summed E-state index contributed by atoms with van der Waals surface area (Å²) >= 11 is 1.71. The van der Waals surface area contributed by atoms with Crippen molar-refractivity contribution >= 4 is 33.4 Å². The zero-order valence-corrected chi connectivity index (χ0v) is 21.5. The van der Waals surface area contributed by atoms with Crippen LogP contribution in [0, 0.1) is 0 Å². The monoisotopic (exact) mass is 528 g/mol. The highest BCUT2D eigenvalue weighted by molar-refractivity contribution is 7.99. The Bertz CT molecular complexity index is 1260. The van der Waals surface area contributed by atoms with Gasteiger partial charge in [0.25, 0.3) is 5.91 Å². The zero-order chi connectivity index (χ0) is 25.4. The van der Waals surface area contributed by atoms with E-state index in [1.807, 2.05) is 18.2 Å². The number of hydrogen-bond donors (Lipinski definition) is 1. The summed E-state index contributed by atoms with van der Waals surface area (Å²) < 4.78 is 44.0. The zero-order valence-electron chi connectivity index (χ0n) is 19.9. The second kappa shape index (κ2) is 12.3. The van der Waals surface area contributed by atoms with E-state index in [9.17, 15) is 13.2 Å². The van der Waals surface area contributed by atoms with Gasteiger partial charge in [0.1, 0.15) is 16.4 Å². The lowest BCUT2D eigenvalue weighted by Crippen LogP contribution is -2.40. The van der Waals surface area contributed by atoms with E-state index in [1.54, 1.807) is 42.1 Å². The maximum Gasteiger partial charge on any atom is 0.255 e. The van der Waals surface area contributed by atoms with Crippen molar-refractivity contribution in [1.82, 2.24) is 4.31 Å². The van der Waals surface area contributed by atoms with E-state index in [2.05, 4.69) is 17.4 Å². The van der Waals surface area contributed by atoms with Gasteiger partial charge in [-0.3, -0.25) is 4.79 Å². The minimum atomic E-state index is -3.80. The van der Waals surface area contributed by atoms with Crippen LogP contribution in [0.15, 0.2) is 82.6 Å². The first-order chi connectivity index (χ1) is 17.5. The van der Waals surface area contributed by atoms with E-state index in [4.69, 9.17) is 14.2 Å². The fourth-order valence-corrected chi connectivity index (χ4v) is 5.97. The van der Waals surface area contributed by atoms with E-state index < -0.39 is 10.0 Å². The second-order valence-electron chi connectivity index (χ2n) is 7.87. The summed E-state index contributed by atoms with van der Waals surface area (Å²) in [5.41, 5.74) is 0.778. The van der Waals surface area contributed by atoms with Crippen LogP contribution in [0.2, 0.25) is 0 Å². The number of methoxy groups -OCH3 is 1. The smallest absolute Gasteiger partial charge is 0.255 e. The van der Waals surface area contributed by atoms with Crippen LogP contribution in [0.5, 0.6) is 11.5 Å². The molecule has 1 saturated heterocycles. The summed E-state index contributed by atoms with van der Waals surface area (Å²) in [5, 5.41) is 2.77. The van der Waals surface area contributed by atoms with Crippen LogP contribution >= 0.6 is 11.8 Å².